The quantitative estimate of drug-likeness (QED) is 0.190. The smallest absolute Gasteiger partial charge is 0.326 e. The van der Waals surface area contributed by atoms with Crippen LogP contribution in [0.25, 0.3) is 22.1 Å². The number of ether oxygens (including phenoxy) is 1. The lowest BCUT2D eigenvalue weighted by Crippen LogP contribution is -2.40. The number of oxime groups is 1. The number of hydrogen-bond acceptors (Lipinski definition) is 6. The van der Waals surface area contributed by atoms with Gasteiger partial charge >= 0.3 is 5.97 Å². The van der Waals surface area contributed by atoms with Gasteiger partial charge in [0.25, 0.3) is 5.91 Å². The fourth-order valence-electron chi connectivity index (χ4n) is 4.62. The van der Waals surface area contributed by atoms with Crippen LogP contribution >= 0.6 is 0 Å². The summed E-state index contributed by atoms with van der Waals surface area (Å²) in [5, 5.41) is 20.9. The Balaban J connectivity index is 1.31. The molecule has 1 aromatic heterocycles. The van der Waals surface area contributed by atoms with Gasteiger partial charge in [0.1, 0.15) is 36.0 Å². The van der Waals surface area contributed by atoms with Crippen molar-refractivity contribution in [2.45, 2.75) is 25.5 Å². The van der Waals surface area contributed by atoms with Crippen LogP contribution < -0.4 is 4.74 Å². The number of halogens is 2. The van der Waals surface area contributed by atoms with Gasteiger partial charge in [-0.2, -0.15) is 0 Å². The molecule has 1 aliphatic heterocycles. The highest BCUT2D eigenvalue weighted by atomic mass is 19.2. The van der Waals surface area contributed by atoms with Crippen LogP contribution in [0.5, 0.6) is 5.75 Å². The molecule has 1 aliphatic rings. The maximum absolute atomic E-state index is 14.3. The third-order valence-electron chi connectivity index (χ3n) is 6.44. The second kappa shape index (κ2) is 10.3. The Labute approximate surface area is 215 Å². The summed E-state index contributed by atoms with van der Waals surface area (Å²) in [6.07, 6.45) is 2.07. The number of carbonyl (C=O) groups excluding carboxylic acids is 1. The number of nitrogens with zero attached hydrogens (tertiary/aromatic N) is 2. The molecule has 8 nitrogen and oxygen atoms in total. The number of carboxylic acids is 1. The van der Waals surface area contributed by atoms with E-state index in [9.17, 15) is 23.5 Å². The summed E-state index contributed by atoms with van der Waals surface area (Å²) in [5.74, 6) is -2.87. The fourth-order valence-corrected chi connectivity index (χ4v) is 4.62. The number of fused-ring (bicyclic) bond motifs is 1. The van der Waals surface area contributed by atoms with Crippen LogP contribution in [0.15, 0.2) is 70.2 Å². The molecule has 0 unspecified atom stereocenters. The van der Waals surface area contributed by atoms with Crippen LogP contribution in [0.4, 0.5) is 8.78 Å². The molecule has 5 rings (SSSR count). The average Bonchev–Trinajstić information content (AvgIpc) is 3.58. The molecule has 0 radical (unpaired) electrons. The minimum atomic E-state index is -1.06. The summed E-state index contributed by atoms with van der Waals surface area (Å²) < 4.78 is 39.9. The van der Waals surface area contributed by atoms with E-state index in [1.807, 2.05) is 0 Å². The molecule has 0 spiro atoms. The zero-order valence-corrected chi connectivity index (χ0v) is 19.9. The van der Waals surface area contributed by atoms with Gasteiger partial charge in [-0.3, -0.25) is 4.79 Å². The first kappa shape index (κ1) is 24.9. The minimum absolute atomic E-state index is 0.0668. The first-order chi connectivity index (χ1) is 18.4. The third kappa shape index (κ3) is 4.80. The molecule has 38 heavy (non-hydrogen) atoms. The van der Waals surface area contributed by atoms with E-state index < -0.39 is 23.6 Å². The maximum atomic E-state index is 14.3. The van der Waals surface area contributed by atoms with E-state index >= 15 is 0 Å². The number of amides is 1. The molecule has 0 saturated carbocycles. The van der Waals surface area contributed by atoms with Crippen molar-refractivity contribution in [1.29, 1.82) is 0 Å². The standard InChI is InChI=1S/C28H22F2N2O6/c29-23-13-21(26-22(25(23)30)12-20(38-26)14-31-36)17-6-8-19(9-7-17)37-15-16-3-1-4-18(11-16)27(33)32-10-2-5-24(32)28(34)35/h1,3-4,6-9,11-14,24,36H,2,5,10,15H2,(H,34,35)/b31-14-/t24-/m0/s1. The SMILES string of the molecule is O=C(O)[C@@H]1CCCN1C(=O)c1cccc(COc2ccc(-c3cc(F)c(F)c4cc(/C=N\O)oc34)cc2)c1. The Morgan fingerprint density at radius 2 is 1.92 bits per heavy atom. The summed E-state index contributed by atoms with van der Waals surface area (Å²) in [6, 6.07) is 15.0. The summed E-state index contributed by atoms with van der Waals surface area (Å²) in [4.78, 5) is 25.7. The Morgan fingerprint density at radius 3 is 2.66 bits per heavy atom. The summed E-state index contributed by atoms with van der Waals surface area (Å²) in [7, 11) is 0. The van der Waals surface area contributed by atoms with Crippen molar-refractivity contribution in [3.63, 3.8) is 0 Å². The van der Waals surface area contributed by atoms with Gasteiger partial charge in [-0.1, -0.05) is 29.4 Å². The topological polar surface area (TPSA) is 113 Å². The van der Waals surface area contributed by atoms with Crippen molar-refractivity contribution < 1.29 is 37.8 Å². The van der Waals surface area contributed by atoms with Crippen molar-refractivity contribution in [1.82, 2.24) is 4.90 Å². The highest BCUT2D eigenvalue weighted by Gasteiger charge is 2.34. The van der Waals surface area contributed by atoms with E-state index in [2.05, 4.69) is 5.16 Å². The Hall–Kier alpha value is -4.73. The van der Waals surface area contributed by atoms with Crippen molar-refractivity contribution in [2.75, 3.05) is 6.54 Å². The van der Waals surface area contributed by atoms with Gasteiger partial charge < -0.3 is 24.4 Å². The average molecular weight is 520 g/mol. The molecule has 3 aromatic carbocycles. The monoisotopic (exact) mass is 520 g/mol. The highest BCUT2D eigenvalue weighted by molar-refractivity contribution is 5.97. The van der Waals surface area contributed by atoms with Crippen molar-refractivity contribution >= 4 is 29.1 Å². The minimum Gasteiger partial charge on any atom is -0.489 e. The van der Waals surface area contributed by atoms with Crippen LogP contribution in [0.2, 0.25) is 0 Å². The summed E-state index contributed by atoms with van der Waals surface area (Å²) >= 11 is 0. The number of aliphatic carboxylic acids is 1. The number of benzene rings is 3. The van der Waals surface area contributed by atoms with Gasteiger partial charge in [0.05, 0.1) is 5.39 Å². The zero-order valence-electron chi connectivity index (χ0n) is 19.9. The molecular weight excluding hydrogens is 498 g/mol. The predicted octanol–water partition coefficient (Wildman–Crippen LogP) is 5.45. The molecule has 0 aliphatic carbocycles. The number of likely N-dealkylation sites (tertiary alicyclic amines) is 1. The molecular formula is C28H22F2N2O6. The maximum Gasteiger partial charge on any atom is 0.326 e. The van der Waals surface area contributed by atoms with Crippen LogP contribution in [0, 0.1) is 11.6 Å². The Morgan fingerprint density at radius 1 is 1.13 bits per heavy atom. The molecule has 1 saturated heterocycles. The highest BCUT2D eigenvalue weighted by Crippen LogP contribution is 2.35. The molecule has 1 fully saturated rings. The van der Waals surface area contributed by atoms with Crippen LogP contribution in [-0.2, 0) is 11.4 Å². The molecule has 1 amide bonds. The largest absolute Gasteiger partial charge is 0.489 e. The third-order valence-corrected chi connectivity index (χ3v) is 6.44. The van der Waals surface area contributed by atoms with Crippen molar-refractivity contribution in [2.24, 2.45) is 5.16 Å². The second-order valence-corrected chi connectivity index (χ2v) is 8.86. The molecule has 10 heteroatoms. The Bertz CT molecular complexity index is 1550. The van der Waals surface area contributed by atoms with E-state index in [4.69, 9.17) is 14.4 Å². The molecule has 1 atom stereocenters. The number of rotatable bonds is 7. The number of hydrogen-bond donors (Lipinski definition) is 2. The van der Waals surface area contributed by atoms with E-state index in [1.54, 1.807) is 48.5 Å². The van der Waals surface area contributed by atoms with Crippen LogP contribution in [0.3, 0.4) is 0 Å². The first-order valence-electron chi connectivity index (χ1n) is 11.8. The lowest BCUT2D eigenvalue weighted by Gasteiger charge is -2.21. The van der Waals surface area contributed by atoms with Crippen LogP contribution in [-0.4, -0.2) is 45.9 Å². The molecule has 0 bridgehead atoms. The van der Waals surface area contributed by atoms with Gasteiger partial charge in [-0.25, -0.2) is 13.6 Å². The number of furan rings is 1. The number of carboxylic acid groups (broad SMARTS) is 1. The fraction of sp³-hybridized carbons (Fsp3) is 0.179. The normalized spacial score (nSPS) is 15.4. The molecule has 2 N–H and O–H groups in total. The van der Waals surface area contributed by atoms with Gasteiger partial charge in [-0.05, 0) is 60.4 Å². The van der Waals surface area contributed by atoms with Gasteiger partial charge in [0.15, 0.2) is 11.6 Å². The zero-order chi connectivity index (χ0) is 26.8. The summed E-state index contributed by atoms with van der Waals surface area (Å²) in [5.41, 5.74) is 2.09. The van der Waals surface area contributed by atoms with Gasteiger partial charge in [0, 0.05) is 17.7 Å². The molecule has 4 aromatic rings. The number of carbonyl (C=O) groups is 2. The predicted molar refractivity (Wildman–Crippen MR) is 133 cm³/mol. The lowest BCUT2D eigenvalue weighted by atomic mass is 10.0. The molecule has 194 valence electrons. The van der Waals surface area contributed by atoms with Crippen LogP contribution in [0.1, 0.15) is 34.5 Å². The lowest BCUT2D eigenvalue weighted by molar-refractivity contribution is -0.141. The van der Waals surface area contributed by atoms with E-state index in [0.717, 1.165) is 17.8 Å². The first-order valence-corrected chi connectivity index (χ1v) is 11.8. The second-order valence-electron chi connectivity index (χ2n) is 8.86. The van der Waals surface area contributed by atoms with Crippen molar-refractivity contribution in [3.05, 3.63) is 89.2 Å². The van der Waals surface area contributed by atoms with E-state index in [-0.39, 0.29) is 29.2 Å². The summed E-state index contributed by atoms with van der Waals surface area (Å²) in [6.45, 7) is 0.557. The van der Waals surface area contributed by atoms with E-state index in [0.29, 0.717) is 41.8 Å². The van der Waals surface area contributed by atoms with Gasteiger partial charge in [0.2, 0.25) is 0 Å². The molecule has 2 heterocycles. The van der Waals surface area contributed by atoms with Gasteiger partial charge in [-0.15, -0.1) is 0 Å². The van der Waals surface area contributed by atoms with Crippen molar-refractivity contribution in [3.8, 4) is 16.9 Å². The van der Waals surface area contributed by atoms with E-state index in [1.165, 1.54) is 11.0 Å². The Kier molecular flexibility index (Phi) is 6.78.